The van der Waals surface area contributed by atoms with Crippen molar-refractivity contribution in [3.05, 3.63) is 35.4 Å². The van der Waals surface area contributed by atoms with E-state index in [2.05, 4.69) is 4.74 Å². The van der Waals surface area contributed by atoms with Crippen LogP contribution in [0.25, 0.3) is 0 Å². The van der Waals surface area contributed by atoms with Crippen LogP contribution in [0.15, 0.2) is 24.3 Å². The number of ether oxygens (including phenoxy) is 1. The first-order chi connectivity index (χ1) is 7.54. The summed E-state index contributed by atoms with van der Waals surface area (Å²) >= 11 is 0. The van der Waals surface area contributed by atoms with E-state index >= 15 is 0 Å². The van der Waals surface area contributed by atoms with Gasteiger partial charge in [-0.25, -0.2) is 9.59 Å². The fourth-order valence-electron chi connectivity index (χ4n) is 1.21. The minimum Gasteiger partial charge on any atom is -0.479 e. The molecule has 0 aliphatic rings. The van der Waals surface area contributed by atoms with Gasteiger partial charge in [0.1, 0.15) is 0 Å². The average molecular weight is 224 g/mol. The Bertz CT molecular complexity index is 382. The van der Waals surface area contributed by atoms with Crippen molar-refractivity contribution in [1.82, 2.24) is 0 Å². The minimum absolute atomic E-state index is 0.0107. The summed E-state index contributed by atoms with van der Waals surface area (Å²) < 4.78 is 4.51. The summed E-state index contributed by atoms with van der Waals surface area (Å²) in [6.07, 6.45) is -1.42. The molecule has 86 valence electrons. The molecular weight excluding hydrogens is 212 g/mol. The normalized spacial score (nSPS) is 11.9. The lowest BCUT2D eigenvalue weighted by Gasteiger charge is -2.05. The minimum atomic E-state index is -1.43. The highest BCUT2D eigenvalue weighted by Crippen LogP contribution is 2.08. The Morgan fingerprint density at radius 1 is 1.31 bits per heavy atom. The molecule has 0 amide bonds. The molecule has 0 spiro atoms. The number of hydrogen-bond donors (Lipinski definition) is 2. The number of aliphatic hydroxyl groups excluding tert-OH is 1. The highest BCUT2D eigenvalue weighted by molar-refractivity contribution is 5.89. The van der Waals surface area contributed by atoms with E-state index in [1.54, 1.807) is 12.1 Å². The van der Waals surface area contributed by atoms with Gasteiger partial charge in [0.15, 0.2) is 6.10 Å². The Balaban J connectivity index is 2.72. The molecule has 1 aromatic carbocycles. The maximum atomic E-state index is 11.1. The van der Waals surface area contributed by atoms with Crippen LogP contribution in [-0.2, 0) is 16.0 Å². The number of carboxylic acids is 1. The van der Waals surface area contributed by atoms with Crippen molar-refractivity contribution in [2.75, 3.05) is 7.11 Å². The molecule has 16 heavy (non-hydrogen) atoms. The van der Waals surface area contributed by atoms with Crippen molar-refractivity contribution in [1.29, 1.82) is 0 Å². The second-order valence-electron chi connectivity index (χ2n) is 3.25. The maximum absolute atomic E-state index is 11.1. The van der Waals surface area contributed by atoms with E-state index < -0.39 is 18.0 Å². The van der Waals surface area contributed by atoms with Crippen LogP contribution in [0.3, 0.4) is 0 Å². The first-order valence-corrected chi connectivity index (χ1v) is 4.62. The van der Waals surface area contributed by atoms with Crippen LogP contribution in [0.4, 0.5) is 0 Å². The molecule has 0 radical (unpaired) electrons. The lowest BCUT2D eigenvalue weighted by Crippen LogP contribution is -2.21. The predicted octanol–water partition coefficient (Wildman–Crippen LogP) is 0.461. The maximum Gasteiger partial charge on any atom is 0.337 e. The van der Waals surface area contributed by atoms with Gasteiger partial charge in [-0.15, -0.1) is 0 Å². The molecule has 1 aromatic rings. The molecule has 0 saturated carbocycles. The monoisotopic (exact) mass is 224 g/mol. The van der Waals surface area contributed by atoms with Crippen LogP contribution in [0.1, 0.15) is 15.9 Å². The second kappa shape index (κ2) is 5.27. The van der Waals surface area contributed by atoms with Crippen LogP contribution in [0, 0.1) is 0 Å². The average Bonchev–Trinajstić information content (AvgIpc) is 2.28. The van der Waals surface area contributed by atoms with E-state index in [-0.39, 0.29) is 6.42 Å². The summed E-state index contributed by atoms with van der Waals surface area (Å²) in [6.45, 7) is 0. The van der Waals surface area contributed by atoms with Crippen molar-refractivity contribution >= 4 is 11.9 Å². The van der Waals surface area contributed by atoms with E-state index in [1.165, 1.54) is 19.2 Å². The van der Waals surface area contributed by atoms with Gasteiger partial charge in [-0.2, -0.15) is 0 Å². The third-order valence-electron chi connectivity index (χ3n) is 2.09. The highest BCUT2D eigenvalue weighted by atomic mass is 16.5. The van der Waals surface area contributed by atoms with Crippen molar-refractivity contribution < 1.29 is 24.5 Å². The Hall–Kier alpha value is -1.88. The third kappa shape index (κ3) is 3.06. The smallest absolute Gasteiger partial charge is 0.337 e. The highest BCUT2D eigenvalue weighted by Gasteiger charge is 2.14. The molecule has 0 aliphatic carbocycles. The van der Waals surface area contributed by atoms with E-state index in [0.29, 0.717) is 11.1 Å². The summed E-state index contributed by atoms with van der Waals surface area (Å²) in [4.78, 5) is 21.5. The zero-order valence-electron chi connectivity index (χ0n) is 8.71. The zero-order valence-corrected chi connectivity index (χ0v) is 8.71. The molecule has 5 nitrogen and oxygen atoms in total. The van der Waals surface area contributed by atoms with E-state index in [9.17, 15) is 9.59 Å². The Kier molecular flexibility index (Phi) is 4.02. The number of aliphatic hydroxyl groups is 1. The molecule has 5 heteroatoms. The number of rotatable bonds is 4. The summed E-state index contributed by atoms with van der Waals surface area (Å²) in [5.74, 6) is -1.72. The van der Waals surface area contributed by atoms with Crippen LogP contribution in [0.5, 0.6) is 0 Å². The number of carbonyl (C=O) groups excluding carboxylic acids is 1. The van der Waals surface area contributed by atoms with Gasteiger partial charge in [-0.05, 0) is 17.7 Å². The molecule has 0 saturated heterocycles. The van der Waals surface area contributed by atoms with Gasteiger partial charge in [0.05, 0.1) is 12.7 Å². The van der Waals surface area contributed by atoms with Gasteiger partial charge in [-0.1, -0.05) is 12.1 Å². The lowest BCUT2D eigenvalue weighted by molar-refractivity contribution is -0.146. The molecule has 0 heterocycles. The SMILES string of the molecule is COC(=O)c1ccc(CC(O)C(=O)O)cc1. The first kappa shape index (κ1) is 12.2. The van der Waals surface area contributed by atoms with E-state index in [1.807, 2.05) is 0 Å². The third-order valence-corrected chi connectivity index (χ3v) is 2.09. The number of esters is 1. The lowest BCUT2D eigenvalue weighted by atomic mass is 10.1. The number of methoxy groups -OCH3 is 1. The zero-order chi connectivity index (χ0) is 12.1. The summed E-state index contributed by atoms with van der Waals surface area (Å²) in [6, 6.07) is 6.21. The Labute approximate surface area is 92.3 Å². The number of carbonyl (C=O) groups is 2. The summed E-state index contributed by atoms with van der Waals surface area (Å²) in [5.41, 5.74) is 1.03. The predicted molar refractivity (Wildman–Crippen MR) is 55.1 cm³/mol. The van der Waals surface area contributed by atoms with Gasteiger partial charge in [-0.3, -0.25) is 0 Å². The number of carboxylic acid groups (broad SMARTS) is 1. The molecule has 1 atom stereocenters. The van der Waals surface area contributed by atoms with Crippen LogP contribution in [-0.4, -0.2) is 35.4 Å². The number of aliphatic carboxylic acids is 1. The topological polar surface area (TPSA) is 83.8 Å². The second-order valence-corrected chi connectivity index (χ2v) is 3.25. The molecule has 2 N–H and O–H groups in total. The molecule has 0 fully saturated rings. The molecule has 1 unspecified atom stereocenters. The van der Waals surface area contributed by atoms with Gasteiger partial charge in [0.2, 0.25) is 0 Å². The van der Waals surface area contributed by atoms with Crippen LogP contribution >= 0.6 is 0 Å². The number of hydrogen-bond acceptors (Lipinski definition) is 4. The van der Waals surface area contributed by atoms with Crippen molar-refractivity contribution in [2.24, 2.45) is 0 Å². The van der Waals surface area contributed by atoms with Crippen LogP contribution < -0.4 is 0 Å². The van der Waals surface area contributed by atoms with E-state index in [0.717, 1.165) is 0 Å². The molecule has 1 rings (SSSR count). The fourth-order valence-corrected chi connectivity index (χ4v) is 1.21. The fraction of sp³-hybridized carbons (Fsp3) is 0.273. The standard InChI is InChI=1S/C11H12O5/c1-16-11(15)8-4-2-7(3-5-8)6-9(12)10(13)14/h2-5,9,12H,6H2,1H3,(H,13,14). The van der Waals surface area contributed by atoms with Crippen LogP contribution in [0.2, 0.25) is 0 Å². The quantitative estimate of drug-likeness (QED) is 0.726. The van der Waals surface area contributed by atoms with Gasteiger partial charge >= 0.3 is 11.9 Å². The molecule has 0 bridgehead atoms. The van der Waals surface area contributed by atoms with Gasteiger partial charge in [0.25, 0.3) is 0 Å². The van der Waals surface area contributed by atoms with Gasteiger partial charge in [0, 0.05) is 6.42 Å². The molecule has 0 aliphatic heterocycles. The first-order valence-electron chi connectivity index (χ1n) is 4.62. The van der Waals surface area contributed by atoms with E-state index in [4.69, 9.17) is 10.2 Å². The summed E-state index contributed by atoms with van der Waals surface area (Å²) in [7, 11) is 1.28. The molecular formula is C11H12O5. The van der Waals surface area contributed by atoms with Crippen molar-refractivity contribution in [3.63, 3.8) is 0 Å². The Morgan fingerprint density at radius 2 is 1.88 bits per heavy atom. The van der Waals surface area contributed by atoms with Crippen molar-refractivity contribution in [3.8, 4) is 0 Å². The Morgan fingerprint density at radius 3 is 2.31 bits per heavy atom. The molecule has 0 aromatic heterocycles. The van der Waals surface area contributed by atoms with Crippen molar-refractivity contribution in [2.45, 2.75) is 12.5 Å². The largest absolute Gasteiger partial charge is 0.479 e. The number of benzene rings is 1. The summed E-state index contributed by atoms with van der Waals surface area (Å²) in [5, 5.41) is 17.6. The van der Waals surface area contributed by atoms with Gasteiger partial charge < -0.3 is 14.9 Å².